The number of anilines is 2. The van der Waals surface area contributed by atoms with Crippen molar-refractivity contribution in [3.8, 4) is 0 Å². The molecule has 0 saturated heterocycles. The molecular weight excluding hydrogens is 200 g/mol. The number of hydrogen-bond acceptors (Lipinski definition) is 6. The molecule has 0 heterocycles. The van der Waals surface area contributed by atoms with Gasteiger partial charge < -0.3 is 15.4 Å². The van der Waals surface area contributed by atoms with Crippen molar-refractivity contribution in [2.75, 3.05) is 31.3 Å². The largest absolute Gasteiger partial charge is 0.469 e. The van der Waals surface area contributed by atoms with Crippen LogP contribution in [0.2, 0.25) is 0 Å². The lowest BCUT2D eigenvalue weighted by molar-refractivity contribution is -0.140. The fraction of sp³-hybridized carbons (Fsp3) is 0.444. The van der Waals surface area contributed by atoms with E-state index in [-0.39, 0.29) is 30.3 Å². The first kappa shape index (κ1) is 11.2. The van der Waals surface area contributed by atoms with Gasteiger partial charge in [-0.25, -0.2) is 0 Å². The summed E-state index contributed by atoms with van der Waals surface area (Å²) in [5, 5.41) is 5.33. The summed E-state index contributed by atoms with van der Waals surface area (Å²) in [5.41, 5.74) is -0.571. The quantitative estimate of drug-likeness (QED) is 0.496. The van der Waals surface area contributed by atoms with Gasteiger partial charge >= 0.3 is 5.97 Å². The summed E-state index contributed by atoms with van der Waals surface area (Å²) < 4.78 is 4.42. The third-order valence-corrected chi connectivity index (χ3v) is 2.02. The molecule has 6 nitrogen and oxygen atoms in total. The highest BCUT2D eigenvalue weighted by Gasteiger charge is 2.18. The van der Waals surface area contributed by atoms with Crippen molar-refractivity contribution in [3.63, 3.8) is 0 Å². The zero-order chi connectivity index (χ0) is 11.4. The highest BCUT2D eigenvalue weighted by molar-refractivity contribution is 5.75. The Balaban J connectivity index is 2.52. The Hall–Kier alpha value is -1.85. The Morgan fingerprint density at radius 3 is 2.40 bits per heavy atom. The smallest absolute Gasteiger partial charge is 0.307 e. The summed E-state index contributed by atoms with van der Waals surface area (Å²) in [6, 6.07) is 0. The predicted molar refractivity (Wildman–Crippen MR) is 56.0 cm³/mol. The summed E-state index contributed by atoms with van der Waals surface area (Å²) in [5.74, 6) is -0.368. The van der Waals surface area contributed by atoms with Gasteiger partial charge in [0.05, 0.1) is 13.5 Å². The molecule has 0 aromatic heterocycles. The minimum Gasteiger partial charge on any atom is -0.469 e. The van der Waals surface area contributed by atoms with Crippen molar-refractivity contribution < 1.29 is 9.53 Å². The van der Waals surface area contributed by atoms with Gasteiger partial charge in [-0.05, 0) is 0 Å². The van der Waals surface area contributed by atoms with Gasteiger partial charge in [0.2, 0.25) is 0 Å². The van der Waals surface area contributed by atoms with Crippen LogP contribution in [-0.2, 0) is 9.53 Å². The molecule has 2 N–H and O–H groups in total. The number of ether oxygens (including phenoxy) is 1. The lowest BCUT2D eigenvalue weighted by Gasteiger charge is -2.11. The molecule has 1 aromatic carbocycles. The molecular formula is C9H12N2O4. The average Bonchev–Trinajstić information content (AvgIpc) is 2.26. The standard InChI is InChI=1S/C9H12N2O4/c1-10-6-7(9(14)8(6)13)11-4-3-5(12)15-2/h10-11H,3-4H2,1-2H3. The van der Waals surface area contributed by atoms with Crippen LogP contribution in [0, 0.1) is 0 Å². The molecule has 0 aliphatic carbocycles. The monoisotopic (exact) mass is 212 g/mol. The number of carbonyl (C=O) groups excluding carboxylic acids is 1. The van der Waals surface area contributed by atoms with Crippen LogP contribution in [0.1, 0.15) is 6.42 Å². The number of nitrogens with one attached hydrogen (secondary N) is 2. The molecule has 0 aliphatic heterocycles. The topological polar surface area (TPSA) is 84.5 Å². The van der Waals surface area contributed by atoms with Gasteiger partial charge in [0.25, 0.3) is 10.9 Å². The number of hydrogen-bond donors (Lipinski definition) is 2. The van der Waals surface area contributed by atoms with Gasteiger partial charge in [-0.2, -0.15) is 0 Å². The number of rotatable bonds is 5. The highest BCUT2D eigenvalue weighted by Crippen LogP contribution is 2.12. The zero-order valence-corrected chi connectivity index (χ0v) is 8.55. The molecule has 1 rings (SSSR count). The first-order chi connectivity index (χ1) is 7.11. The second-order valence-corrected chi connectivity index (χ2v) is 2.91. The SMILES string of the molecule is CNc1c(NCCC(=O)OC)c(=O)c1=O. The molecule has 0 amide bonds. The lowest BCUT2D eigenvalue weighted by atomic mass is 10.2. The van der Waals surface area contributed by atoms with Gasteiger partial charge in [0.15, 0.2) is 0 Å². The van der Waals surface area contributed by atoms with Crippen LogP contribution in [-0.4, -0.2) is 26.7 Å². The summed E-state index contributed by atoms with van der Waals surface area (Å²) in [6.45, 7) is 0.270. The molecule has 0 radical (unpaired) electrons. The second kappa shape index (κ2) is 4.59. The minimum absolute atomic E-state index is 0.151. The normalized spacial score (nSPS) is 10.0. The minimum atomic E-state index is -0.552. The fourth-order valence-electron chi connectivity index (χ4n) is 1.19. The summed E-state index contributed by atoms with van der Waals surface area (Å²) >= 11 is 0. The molecule has 15 heavy (non-hydrogen) atoms. The molecule has 0 unspecified atom stereocenters. The maximum Gasteiger partial charge on any atom is 0.307 e. The number of esters is 1. The molecule has 82 valence electrons. The van der Waals surface area contributed by atoms with Crippen molar-refractivity contribution >= 4 is 17.3 Å². The van der Waals surface area contributed by atoms with Gasteiger partial charge in [0.1, 0.15) is 11.4 Å². The van der Waals surface area contributed by atoms with Crippen LogP contribution in [0.4, 0.5) is 11.4 Å². The van der Waals surface area contributed by atoms with Crippen LogP contribution >= 0.6 is 0 Å². The Morgan fingerprint density at radius 1 is 1.27 bits per heavy atom. The van der Waals surface area contributed by atoms with Crippen molar-refractivity contribution in [1.29, 1.82) is 0 Å². The van der Waals surface area contributed by atoms with Gasteiger partial charge in [-0.15, -0.1) is 0 Å². The summed E-state index contributed by atoms with van der Waals surface area (Å²) in [4.78, 5) is 32.8. The van der Waals surface area contributed by atoms with E-state index < -0.39 is 10.9 Å². The maximum atomic E-state index is 11.1. The van der Waals surface area contributed by atoms with Crippen LogP contribution < -0.4 is 21.5 Å². The van der Waals surface area contributed by atoms with E-state index in [0.29, 0.717) is 0 Å². The van der Waals surface area contributed by atoms with E-state index in [0.717, 1.165) is 0 Å². The summed E-state index contributed by atoms with van der Waals surface area (Å²) in [6.07, 6.45) is 0.151. The van der Waals surface area contributed by atoms with E-state index in [9.17, 15) is 14.4 Å². The molecule has 1 aromatic rings. The molecule has 0 aliphatic rings. The highest BCUT2D eigenvalue weighted by atomic mass is 16.5. The molecule has 0 saturated carbocycles. The van der Waals surface area contributed by atoms with E-state index in [4.69, 9.17) is 0 Å². The van der Waals surface area contributed by atoms with E-state index in [2.05, 4.69) is 15.4 Å². The van der Waals surface area contributed by atoms with E-state index in [1.165, 1.54) is 7.11 Å². The zero-order valence-electron chi connectivity index (χ0n) is 8.55. The molecule has 6 heteroatoms. The first-order valence-corrected chi connectivity index (χ1v) is 4.43. The molecule has 0 fully saturated rings. The fourth-order valence-corrected chi connectivity index (χ4v) is 1.19. The van der Waals surface area contributed by atoms with E-state index >= 15 is 0 Å². The number of methoxy groups -OCH3 is 1. The first-order valence-electron chi connectivity index (χ1n) is 4.43. The third kappa shape index (κ3) is 2.15. The summed E-state index contributed by atoms with van der Waals surface area (Å²) in [7, 11) is 2.85. The van der Waals surface area contributed by atoms with E-state index in [1.807, 2.05) is 0 Å². The van der Waals surface area contributed by atoms with Crippen LogP contribution in [0.25, 0.3) is 0 Å². The van der Waals surface area contributed by atoms with Crippen LogP contribution in [0.15, 0.2) is 9.59 Å². The van der Waals surface area contributed by atoms with Crippen molar-refractivity contribution in [3.05, 3.63) is 20.4 Å². The Labute approximate surface area is 85.9 Å². The average molecular weight is 212 g/mol. The Morgan fingerprint density at radius 2 is 1.87 bits per heavy atom. The van der Waals surface area contributed by atoms with Crippen LogP contribution in [0.5, 0.6) is 0 Å². The van der Waals surface area contributed by atoms with Gasteiger partial charge in [0, 0.05) is 13.6 Å². The molecule has 0 spiro atoms. The predicted octanol–water partition coefficient (Wildman–Crippen LogP) is -0.701. The van der Waals surface area contributed by atoms with Gasteiger partial charge in [-0.1, -0.05) is 0 Å². The third-order valence-electron chi connectivity index (χ3n) is 2.02. The molecule has 0 atom stereocenters. The van der Waals surface area contributed by atoms with Crippen LogP contribution in [0.3, 0.4) is 0 Å². The number of carbonyl (C=O) groups is 1. The van der Waals surface area contributed by atoms with Crippen molar-refractivity contribution in [2.24, 2.45) is 0 Å². The lowest BCUT2D eigenvalue weighted by Crippen LogP contribution is -2.37. The van der Waals surface area contributed by atoms with Crippen molar-refractivity contribution in [2.45, 2.75) is 6.42 Å². The second-order valence-electron chi connectivity index (χ2n) is 2.91. The molecule has 0 bridgehead atoms. The Kier molecular flexibility index (Phi) is 3.43. The van der Waals surface area contributed by atoms with Gasteiger partial charge in [-0.3, -0.25) is 14.4 Å². The Bertz CT molecular complexity index is 431. The van der Waals surface area contributed by atoms with Crippen molar-refractivity contribution in [1.82, 2.24) is 0 Å². The van der Waals surface area contributed by atoms with E-state index in [1.54, 1.807) is 7.05 Å². The maximum absolute atomic E-state index is 11.1.